The van der Waals surface area contributed by atoms with Crippen LogP contribution in [-0.4, -0.2) is 5.11 Å². The van der Waals surface area contributed by atoms with Crippen LogP contribution in [0.1, 0.15) is 5.56 Å². The van der Waals surface area contributed by atoms with E-state index < -0.39 is 0 Å². The predicted molar refractivity (Wildman–Crippen MR) is 68.1 cm³/mol. The number of furan rings is 1. The van der Waals surface area contributed by atoms with Gasteiger partial charge in [0.2, 0.25) is 0 Å². The summed E-state index contributed by atoms with van der Waals surface area (Å²) < 4.78 is 5.36. The van der Waals surface area contributed by atoms with Crippen LogP contribution in [0.15, 0.2) is 52.9 Å². The molecule has 0 saturated carbocycles. The monoisotopic (exact) mass is 224 g/mol. The Morgan fingerprint density at radius 1 is 1.00 bits per heavy atom. The lowest BCUT2D eigenvalue weighted by molar-refractivity contribution is 0.348. The zero-order valence-corrected chi connectivity index (χ0v) is 9.47. The van der Waals surface area contributed by atoms with Crippen LogP contribution in [0.25, 0.3) is 22.1 Å². The first-order valence-corrected chi connectivity index (χ1v) is 5.53. The quantitative estimate of drug-likeness (QED) is 0.674. The van der Waals surface area contributed by atoms with Crippen LogP contribution in [0.3, 0.4) is 0 Å². The molecule has 17 heavy (non-hydrogen) atoms. The SMILES string of the molecule is Cc1ccc2oc(O)c(-c3ccccc3)c2c1. The first-order valence-electron chi connectivity index (χ1n) is 5.53. The molecule has 0 saturated heterocycles. The zero-order chi connectivity index (χ0) is 11.8. The maximum absolute atomic E-state index is 9.91. The highest BCUT2D eigenvalue weighted by atomic mass is 16.5. The van der Waals surface area contributed by atoms with E-state index in [1.165, 1.54) is 0 Å². The van der Waals surface area contributed by atoms with Gasteiger partial charge in [0.1, 0.15) is 5.58 Å². The molecule has 0 amide bonds. The summed E-state index contributed by atoms with van der Waals surface area (Å²) >= 11 is 0. The molecule has 0 fully saturated rings. The van der Waals surface area contributed by atoms with Gasteiger partial charge in [-0.3, -0.25) is 0 Å². The van der Waals surface area contributed by atoms with Crippen molar-refractivity contribution in [2.75, 3.05) is 0 Å². The van der Waals surface area contributed by atoms with E-state index in [9.17, 15) is 5.11 Å². The summed E-state index contributed by atoms with van der Waals surface area (Å²) in [6, 6.07) is 15.7. The van der Waals surface area contributed by atoms with Gasteiger partial charge in [-0.25, -0.2) is 0 Å². The summed E-state index contributed by atoms with van der Waals surface area (Å²) in [6.45, 7) is 2.03. The average Bonchev–Trinajstić information content (AvgIpc) is 2.65. The summed E-state index contributed by atoms with van der Waals surface area (Å²) in [5.41, 5.74) is 3.60. The van der Waals surface area contributed by atoms with E-state index in [4.69, 9.17) is 4.42 Å². The predicted octanol–water partition coefficient (Wildman–Crippen LogP) is 4.11. The van der Waals surface area contributed by atoms with Crippen molar-refractivity contribution in [2.24, 2.45) is 0 Å². The zero-order valence-electron chi connectivity index (χ0n) is 9.47. The van der Waals surface area contributed by atoms with Gasteiger partial charge in [0, 0.05) is 5.39 Å². The molecule has 2 heteroatoms. The normalized spacial score (nSPS) is 10.9. The van der Waals surface area contributed by atoms with Crippen LogP contribution in [-0.2, 0) is 0 Å². The Morgan fingerprint density at radius 2 is 1.76 bits per heavy atom. The maximum Gasteiger partial charge on any atom is 0.291 e. The Morgan fingerprint density at radius 3 is 2.53 bits per heavy atom. The fourth-order valence-electron chi connectivity index (χ4n) is 2.08. The first-order chi connectivity index (χ1) is 8.25. The van der Waals surface area contributed by atoms with E-state index >= 15 is 0 Å². The Hall–Kier alpha value is -2.22. The Kier molecular flexibility index (Phi) is 2.15. The molecule has 2 nitrogen and oxygen atoms in total. The van der Waals surface area contributed by atoms with Gasteiger partial charge in [-0.2, -0.15) is 0 Å². The Balaban J connectivity index is 2.35. The Labute approximate surface area is 99.1 Å². The van der Waals surface area contributed by atoms with E-state index in [0.29, 0.717) is 5.58 Å². The molecule has 3 rings (SSSR count). The number of aromatic hydroxyl groups is 1. The van der Waals surface area contributed by atoms with Gasteiger partial charge in [-0.15, -0.1) is 0 Å². The molecule has 1 aromatic heterocycles. The lowest BCUT2D eigenvalue weighted by atomic mass is 10.0. The topological polar surface area (TPSA) is 33.4 Å². The molecule has 1 heterocycles. The molecule has 0 atom stereocenters. The fourth-order valence-corrected chi connectivity index (χ4v) is 2.08. The standard InChI is InChI=1S/C15H12O2/c1-10-7-8-13-12(9-10)14(15(16)17-13)11-5-3-2-4-6-11/h2-9,16H,1H3. The summed E-state index contributed by atoms with van der Waals surface area (Å²) in [6.07, 6.45) is 0. The number of aryl methyl sites for hydroxylation is 1. The second kappa shape index (κ2) is 3.67. The molecule has 0 spiro atoms. The van der Waals surface area contributed by atoms with Crippen molar-refractivity contribution in [3.63, 3.8) is 0 Å². The molecule has 0 unspecified atom stereocenters. The second-order valence-electron chi connectivity index (χ2n) is 4.15. The largest absolute Gasteiger partial charge is 0.480 e. The molecule has 0 aliphatic heterocycles. The third-order valence-electron chi connectivity index (χ3n) is 2.89. The van der Waals surface area contributed by atoms with Gasteiger partial charge in [0.25, 0.3) is 5.95 Å². The highest BCUT2D eigenvalue weighted by molar-refractivity contribution is 5.97. The summed E-state index contributed by atoms with van der Waals surface area (Å²) in [5.74, 6) is -0.0169. The van der Waals surface area contributed by atoms with Crippen LogP contribution in [0.5, 0.6) is 5.95 Å². The van der Waals surface area contributed by atoms with Crippen LogP contribution in [0, 0.1) is 6.92 Å². The highest BCUT2D eigenvalue weighted by Crippen LogP contribution is 2.39. The molecule has 2 aromatic carbocycles. The van der Waals surface area contributed by atoms with Gasteiger partial charge in [-0.1, -0.05) is 42.0 Å². The summed E-state index contributed by atoms with van der Waals surface area (Å²) in [7, 11) is 0. The lowest BCUT2D eigenvalue weighted by Crippen LogP contribution is -1.76. The van der Waals surface area contributed by atoms with Gasteiger partial charge >= 0.3 is 0 Å². The number of fused-ring (bicyclic) bond motifs is 1. The van der Waals surface area contributed by atoms with E-state index in [0.717, 1.165) is 22.1 Å². The van der Waals surface area contributed by atoms with Crippen molar-refractivity contribution in [2.45, 2.75) is 6.92 Å². The summed E-state index contributed by atoms with van der Waals surface area (Å²) in [5, 5.41) is 10.9. The van der Waals surface area contributed by atoms with Crippen LogP contribution in [0.4, 0.5) is 0 Å². The van der Waals surface area contributed by atoms with E-state index in [1.807, 2.05) is 55.5 Å². The molecule has 0 aliphatic carbocycles. The molecule has 3 aromatic rings. The number of benzene rings is 2. The highest BCUT2D eigenvalue weighted by Gasteiger charge is 2.14. The number of hydrogen-bond donors (Lipinski definition) is 1. The van der Waals surface area contributed by atoms with Crippen LogP contribution in [0.2, 0.25) is 0 Å². The van der Waals surface area contributed by atoms with Crippen LogP contribution >= 0.6 is 0 Å². The van der Waals surface area contributed by atoms with Gasteiger partial charge in [0.05, 0.1) is 5.56 Å². The molecule has 84 valence electrons. The van der Waals surface area contributed by atoms with Gasteiger partial charge < -0.3 is 9.52 Å². The molecular weight excluding hydrogens is 212 g/mol. The van der Waals surface area contributed by atoms with E-state index in [1.54, 1.807) is 0 Å². The van der Waals surface area contributed by atoms with Gasteiger partial charge in [0.15, 0.2) is 0 Å². The van der Waals surface area contributed by atoms with Crippen molar-refractivity contribution in [3.05, 3.63) is 54.1 Å². The van der Waals surface area contributed by atoms with Crippen molar-refractivity contribution in [3.8, 4) is 17.1 Å². The maximum atomic E-state index is 9.91. The third-order valence-corrected chi connectivity index (χ3v) is 2.89. The minimum Gasteiger partial charge on any atom is -0.480 e. The third kappa shape index (κ3) is 1.58. The van der Waals surface area contributed by atoms with Crippen molar-refractivity contribution >= 4 is 11.0 Å². The second-order valence-corrected chi connectivity index (χ2v) is 4.15. The lowest BCUT2D eigenvalue weighted by Gasteiger charge is -1.99. The molecule has 0 radical (unpaired) electrons. The van der Waals surface area contributed by atoms with E-state index in [-0.39, 0.29) is 5.95 Å². The number of hydrogen-bond acceptors (Lipinski definition) is 2. The van der Waals surface area contributed by atoms with Gasteiger partial charge in [-0.05, 0) is 24.6 Å². The van der Waals surface area contributed by atoms with Crippen LogP contribution < -0.4 is 0 Å². The minimum atomic E-state index is -0.0169. The van der Waals surface area contributed by atoms with Crippen molar-refractivity contribution < 1.29 is 9.52 Å². The first kappa shape index (κ1) is 9.97. The fraction of sp³-hybridized carbons (Fsp3) is 0.0667. The smallest absolute Gasteiger partial charge is 0.291 e. The van der Waals surface area contributed by atoms with Crippen molar-refractivity contribution in [1.82, 2.24) is 0 Å². The number of rotatable bonds is 1. The Bertz CT molecular complexity index is 666. The average molecular weight is 224 g/mol. The molecule has 1 N–H and O–H groups in total. The summed E-state index contributed by atoms with van der Waals surface area (Å²) in [4.78, 5) is 0. The van der Waals surface area contributed by atoms with E-state index in [2.05, 4.69) is 0 Å². The molecule has 0 aliphatic rings. The minimum absolute atomic E-state index is 0.0169. The van der Waals surface area contributed by atoms with Crippen molar-refractivity contribution in [1.29, 1.82) is 0 Å². The molecular formula is C15H12O2. The molecule has 0 bridgehead atoms.